The fraction of sp³-hybridized carbons (Fsp3) is 0.167. The van der Waals surface area contributed by atoms with Gasteiger partial charge in [-0.3, -0.25) is 4.68 Å². The molecule has 1 aromatic rings. The van der Waals surface area contributed by atoms with Crippen LogP contribution in [0, 0.1) is 0 Å². The fourth-order valence-corrected chi connectivity index (χ4v) is 0.764. The Bertz CT molecular complexity index is 241. The number of aromatic nitrogens is 2. The standard InChI is InChI=1S/C6H8ClN3/c1-5(7)4-10-3-2-6(8)9-10/h2-3H,1,4H2,(H2,8,9). The Kier molecular flexibility index (Phi) is 1.97. The molecule has 2 N–H and O–H groups in total. The van der Waals surface area contributed by atoms with Crippen molar-refractivity contribution < 1.29 is 0 Å². The van der Waals surface area contributed by atoms with Gasteiger partial charge >= 0.3 is 0 Å². The fourth-order valence-electron chi connectivity index (χ4n) is 0.641. The molecule has 54 valence electrons. The summed E-state index contributed by atoms with van der Waals surface area (Å²) in [5.74, 6) is 0.498. The minimum Gasteiger partial charge on any atom is -0.382 e. The van der Waals surface area contributed by atoms with Gasteiger partial charge in [0.15, 0.2) is 0 Å². The van der Waals surface area contributed by atoms with Crippen molar-refractivity contribution in [3.63, 3.8) is 0 Å². The molecule has 0 saturated heterocycles. The van der Waals surface area contributed by atoms with Crippen LogP contribution in [0.1, 0.15) is 0 Å². The zero-order valence-electron chi connectivity index (χ0n) is 5.42. The van der Waals surface area contributed by atoms with Crippen molar-refractivity contribution in [2.24, 2.45) is 0 Å². The van der Waals surface area contributed by atoms with E-state index in [0.29, 0.717) is 17.4 Å². The summed E-state index contributed by atoms with van der Waals surface area (Å²) in [4.78, 5) is 0. The molecule has 0 fully saturated rings. The van der Waals surface area contributed by atoms with Crippen LogP contribution in [0.5, 0.6) is 0 Å². The molecule has 0 bridgehead atoms. The first kappa shape index (κ1) is 7.15. The van der Waals surface area contributed by atoms with Crippen LogP contribution in [0.2, 0.25) is 0 Å². The van der Waals surface area contributed by atoms with Gasteiger partial charge in [-0.15, -0.1) is 0 Å². The van der Waals surface area contributed by atoms with E-state index in [1.165, 1.54) is 0 Å². The molecule has 0 aliphatic carbocycles. The highest BCUT2D eigenvalue weighted by Crippen LogP contribution is 2.02. The first-order valence-electron chi connectivity index (χ1n) is 2.80. The van der Waals surface area contributed by atoms with Crippen LogP contribution in [0.4, 0.5) is 5.82 Å². The number of nitrogen functional groups attached to an aromatic ring is 1. The second-order valence-corrected chi connectivity index (χ2v) is 2.49. The zero-order chi connectivity index (χ0) is 7.56. The topological polar surface area (TPSA) is 43.8 Å². The largest absolute Gasteiger partial charge is 0.382 e. The number of nitrogens with two attached hydrogens (primary N) is 1. The van der Waals surface area contributed by atoms with Crippen LogP contribution in [0.3, 0.4) is 0 Å². The molecule has 0 saturated carbocycles. The van der Waals surface area contributed by atoms with Gasteiger partial charge in [-0.1, -0.05) is 18.2 Å². The normalized spacial score (nSPS) is 9.70. The Morgan fingerprint density at radius 2 is 2.60 bits per heavy atom. The predicted molar refractivity (Wildman–Crippen MR) is 41.6 cm³/mol. The highest BCUT2D eigenvalue weighted by molar-refractivity contribution is 6.29. The average molecular weight is 158 g/mol. The Morgan fingerprint density at radius 3 is 3.00 bits per heavy atom. The number of anilines is 1. The maximum Gasteiger partial charge on any atom is 0.145 e. The summed E-state index contributed by atoms with van der Waals surface area (Å²) < 4.78 is 1.63. The number of hydrogen-bond donors (Lipinski definition) is 1. The third kappa shape index (κ3) is 1.77. The molecule has 0 unspecified atom stereocenters. The van der Waals surface area contributed by atoms with Gasteiger partial charge in [0, 0.05) is 11.2 Å². The molecule has 0 radical (unpaired) electrons. The summed E-state index contributed by atoms with van der Waals surface area (Å²) in [5.41, 5.74) is 5.35. The monoisotopic (exact) mass is 157 g/mol. The minimum absolute atomic E-state index is 0.498. The molecule has 0 aliphatic rings. The second-order valence-electron chi connectivity index (χ2n) is 1.96. The first-order valence-corrected chi connectivity index (χ1v) is 3.18. The quantitative estimate of drug-likeness (QED) is 0.702. The molecule has 4 heteroatoms. The van der Waals surface area contributed by atoms with Gasteiger partial charge in [-0.05, 0) is 6.07 Å². The van der Waals surface area contributed by atoms with Crippen molar-refractivity contribution in [1.82, 2.24) is 9.78 Å². The zero-order valence-corrected chi connectivity index (χ0v) is 6.17. The number of halogens is 1. The lowest BCUT2D eigenvalue weighted by Gasteiger charge is -1.95. The molecule has 0 aliphatic heterocycles. The third-order valence-corrected chi connectivity index (χ3v) is 1.11. The molecule has 0 atom stereocenters. The van der Waals surface area contributed by atoms with E-state index >= 15 is 0 Å². The minimum atomic E-state index is 0.498. The van der Waals surface area contributed by atoms with Crippen LogP contribution >= 0.6 is 11.6 Å². The van der Waals surface area contributed by atoms with Gasteiger partial charge in [0.05, 0.1) is 6.54 Å². The van der Waals surface area contributed by atoms with Crippen molar-refractivity contribution in [3.8, 4) is 0 Å². The molecule has 10 heavy (non-hydrogen) atoms. The van der Waals surface area contributed by atoms with E-state index in [9.17, 15) is 0 Å². The summed E-state index contributed by atoms with van der Waals surface area (Å²) in [6.45, 7) is 4.04. The number of nitrogens with zero attached hydrogens (tertiary/aromatic N) is 2. The molecular formula is C6H8ClN3. The highest BCUT2D eigenvalue weighted by atomic mass is 35.5. The van der Waals surface area contributed by atoms with Gasteiger partial charge in [-0.2, -0.15) is 5.10 Å². The molecule has 3 nitrogen and oxygen atoms in total. The van der Waals surface area contributed by atoms with E-state index < -0.39 is 0 Å². The van der Waals surface area contributed by atoms with Crippen molar-refractivity contribution in [3.05, 3.63) is 23.9 Å². The van der Waals surface area contributed by atoms with E-state index in [2.05, 4.69) is 11.7 Å². The summed E-state index contributed by atoms with van der Waals surface area (Å²) in [7, 11) is 0. The van der Waals surface area contributed by atoms with Crippen LogP contribution in [-0.2, 0) is 6.54 Å². The lowest BCUT2D eigenvalue weighted by molar-refractivity contribution is 0.699. The van der Waals surface area contributed by atoms with E-state index in [0.717, 1.165) is 0 Å². The third-order valence-electron chi connectivity index (χ3n) is 0.995. The maximum atomic E-state index is 5.53. The summed E-state index contributed by atoms with van der Waals surface area (Å²) in [6, 6.07) is 1.71. The lowest BCUT2D eigenvalue weighted by Crippen LogP contribution is -1.98. The maximum absolute atomic E-state index is 5.53. The van der Waals surface area contributed by atoms with Crippen LogP contribution in [0.15, 0.2) is 23.9 Å². The molecular weight excluding hydrogens is 150 g/mol. The summed E-state index contributed by atoms with van der Waals surface area (Å²) in [5, 5.41) is 4.44. The summed E-state index contributed by atoms with van der Waals surface area (Å²) >= 11 is 5.53. The van der Waals surface area contributed by atoms with Gasteiger partial charge in [0.2, 0.25) is 0 Å². The molecule has 0 amide bonds. The molecule has 0 spiro atoms. The highest BCUT2D eigenvalue weighted by Gasteiger charge is 1.93. The molecule has 1 rings (SSSR count). The molecule has 1 heterocycles. The van der Waals surface area contributed by atoms with E-state index in [-0.39, 0.29) is 0 Å². The lowest BCUT2D eigenvalue weighted by atomic mass is 10.6. The van der Waals surface area contributed by atoms with Gasteiger partial charge in [-0.25, -0.2) is 0 Å². The number of hydrogen-bond acceptors (Lipinski definition) is 2. The Morgan fingerprint density at radius 1 is 1.90 bits per heavy atom. The van der Waals surface area contributed by atoms with Crippen molar-refractivity contribution in [2.45, 2.75) is 6.54 Å². The van der Waals surface area contributed by atoms with E-state index in [1.807, 2.05) is 0 Å². The molecule has 0 aromatic carbocycles. The van der Waals surface area contributed by atoms with Gasteiger partial charge in [0.1, 0.15) is 5.82 Å². The van der Waals surface area contributed by atoms with E-state index in [1.54, 1.807) is 16.9 Å². The Labute approximate surface area is 64.1 Å². The molecule has 1 aromatic heterocycles. The average Bonchev–Trinajstić information content (AvgIpc) is 2.13. The van der Waals surface area contributed by atoms with Crippen LogP contribution < -0.4 is 5.73 Å². The predicted octanol–water partition coefficient (Wildman–Crippen LogP) is 1.22. The van der Waals surface area contributed by atoms with Crippen molar-refractivity contribution in [2.75, 3.05) is 5.73 Å². The van der Waals surface area contributed by atoms with Crippen molar-refractivity contribution in [1.29, 1.82) is 0 Å². The van der Waals surface area contributed by atoms with Gasteiger partial charge < -0.3 is 5.73 Å². The Hall–Kier alpha value is -0.960. The van der Waals surface area contributed by atoms with Crippen LogP contribution in [-0.4, -0.2) is 9.78 Å². The summed E-state index contributed by atoms with van der Waals surface area (Å²) in [6.07, 6.45) is 1.75. The smallest absolute Gasteiger partial charge is 0.145 e. The van der Waals surface area contributed by atoms with Crippen molar-refractivity contribution >= 4 is 17.4 Å². The van der Waals surface area contributed by atoms with E-state index in [4.69, 9.17) is 17.3 Å². The SMILES string of the molecule is C=C(Cl)Cn1ccc(N)n1. The number of allylic oxidation sites excluding steroid dienone is 1. The second kappa shape index (κ2) is 2.75. The number of rotatable bonds is 2. The van der Waals surface area contributed by atoms with Gasteiger partial charge in [0.25, 0.3) is 0 Å². The Balaban J connectivity index is 2.67. The first-order chi connectivity index (χ1) is 4.68. The van der Waals surface area contributed by atoms with Crippen LogP contribution in [0.25, 0.3) is 0 Å².